The minimum Gasteiger partial charge on any atom is -0.490 e. The third-order valence-electron chi connectivity index (χ3n) is 3.23. The molecular formula is C16H17BrN4O3. The number of hydrogen-bond donors (Lipinski definition) is 1. The molecule has 0 spiro atoms. The minimum absolute atomic E-state index is 0.0922. The van der Waals surface area contributed by atoms with E-state index in [1.54, 1.807) is 6.21 Å². The fourth-order valence-corrected chi connectivity index (χ4v) is 2.28. The van der Waals surface area contributed by atoms with Crippen LogP contribution in [0.15, 0.2) is 46.1 Å². The summed E-state index contributed by atoms with van der Waals surface area (Å²) < 4.78 is 6.59. The smallest absolute Gasteiger partial charge is 0.313 e. The predicted molar refractivity (Wildman–Crippen MR) is 96.6 cm³/mol. The number of aromatic nitrogens is 1. The van der Waals surface area contributed by atoms with Crippen LogP contribution >= 0.6 is 15.9 Å². The van der Waals surface area contributed by atoms with Gasteiger partial charge in [0.2, 0.25) is 5.82 Å². The molecule has 1 aromatic heterocycles. The van der Waals surface area contributed by atoms with Crippen molar-refractivity contribution < 1.29 is 9.66 Å². The summed E-state index contributed by atoms with van der Waals surface area (Å²) in [5.41, 5.74) is 3.27. The first-order valence-corrected chi connectivity index (χ1v) is 8.15. The summed E-state index contributed by atoms with van der Waals surface area (Å²) in [6.45, 7) is 4.06. The van der Waals surface area contributed by atoms with Crippen LogP contribution < -0.4 is 10.2 Å². The number of pyridine rings is 1. The molecule has 0 aliphatic heterocycles. The van der Waals surface area contributed by atoms with Crippen molar-refractivity contribution in [3.8, 4) is 5.75 Å². The lowest BCUT2D eigenvalue weighted by Crippen LogP contribution is -2.10. The highest BCUT2D eigenvalue weighted by molar-refractivity contribution is 9.10. The monoisotopic (exact) mass is 392 g/mol. The molecule has 8 heteroatoms. The molecule has 0 unspecified atom stereocenters. The largest absolute Gasteiger partial charge is 0.490 e. The van der Waals surface area contributed by atoms with E-state index in [1.807, 2.05) is 25.1 Å². The first kappa shape index (κ1) is 17.9. The summed E-state index contributed by atoms with van der Waals surface area (Å²) in [5.74, 6) is 0.851. The number of nitrogens with one attached hydrogen (secondary N) is 1. The third kappa shape index (κ3) is 4.76. The number of nitrogens with zero attached hydrogens (tertiary/aromatic N) is 3. The van der Waals surface area contributed by atoms with Gasteiger partial charge in [-0.15, -0.1) is 0 Å². The number of nitro groups is 1. The molecular weight excluding hydrogens is 376 g/mol. The van der Waals surface area contributed by atoms with Gasteiger partial charge in [0.05, 0.1) is 21.7 Å². The van der Waals surface area contributed by atoms with E-state index in [0.29, 0.717) is 0 Å². The van der Waals surface area contributed by atoms with Crippen molar-refractivity contribution in [2.75, 3.05) is 5.43 Å². The fourth-order valence-electron chi connectivity index (χ4n) is 1.79. The standard InChI is InChI=1S/C16H17BrN4O3/c1-3-11(2)24-15-7-6-12(9-13(15)17)10-19-20-16-14(21(22)23)5-4-8-18-16/h4-11H,3H2,1-2H3,(H,18,20)/b19-10-/t11-/m0/s1. The van der Waals surface area contributed by atoms with Crippen molar-refractivity contribution in [1.29, 1.82) is 0 Å². The molecule has 1 aromatic carbocycles. The van der Waals surface area contributed by atoms with Crippen molar-refractivity contribution in [2.24, 2.45) is 5.10 Å². The fraction of sp³-hybridized carbons (Fsp3) is 0.250. The molecule has 1 heterocycles. The Bertz CT molecular complexity index is 752. The van der Waals surface area contributed by atoms with Gasteiger partial charge < -0.3 is 4.74 Å². The molecule has 0 saturated heterocycles. The summed E-state index contributed by atoms with van der Waals surface area (Å²) in [6, 6.07) is 8.42. The molecule has 0 fully saturated rings. The number of anilines is 1. The van der Waals surface area contributed by atoms with Gasteiger partial charge in [0.15, 0.2) is 0 Å². The van der Waals surface area contributed by atoms with Crippen LogP contribution in [0.3, 0.4) is 0 Å². The number of benzene rings is 1. The zero-order valence-electron chi connectivity index (χ0n) is 13.3. The number of ether oxygens (including phenoxy) is 1. The zero-order valence-corrected chi connectivity index (χ0v) is 14.9. The van der Waals surface area contributed by atoms with Crippen molar-refractivity contribution in [1.82, 2.24) is 4.98 Å². The predicted octanol–water partition coefficient (Wildman–Crippen LogP) is 4.38. The van der Waals surface area contributed by atoms with Gasteiger partial charge in [-0.25, -0.2) is 4.98 Å². The molecule has 2 aromatic rings. The third-order valence-corrected chi connectivity index (χ3v) is 3.85. The topological polar surface area (TPSA) is 89.7 Å². The second-order valence-electron chi connectivity index (χ2n) is 5.02. The van der Waals surface area contributed by atoms with E-state index in [9.17, 15) is 10.1 Å². The van der Waals surface area contributed by atoms with Crippen LogP contribution in [0.25, 0.3) is 0 Å². The molecule has 0 amide bonds. The molecule has 1 N–H and O–H groups in total. The Morgan fingerprint density at radius 1 is 1.50 bits per heavy atom. The number of halogens is 1. The van der Waals surface area contributed by atoms with Crippen molar-refractivity contribution in [3.63, 3.8) is 0 Å². The van der Waals surface area contributed by atoms with Crippen LogP contribution in [0, 0.1) is 10.1 Å². The van der Waals surface area contributed by atoms with Crippen LogP contribution in [0.4, 0.5) is 11.5 Å². The molecule has 0 radical (unpaired) electrons. The average Bonchev–Trinajstić information content (AvgIpc) is 2.57. The first-order valence-electron chi connectivity index (χ1n) is 7.36. The van der Waals surface area contributed by atoms with Gasteiger partial charge in [0.1, 0.15) is 5.75 Å². The highest BCUT2D eigenvalue weighted by Gasteiger charge is 2.13. The Hall–Kier alpha value is -2.48. The average molecular weight is 393 g/mol. The molecule has 0 saturated carbocycles. The van der Waals surface area contributed by atoms with E-state index in [1.165, 1.54) is 18.3 Å². The summed E-state index contributed by atoms with van der Waals surface area (Å²) >= 11 is 3.46. The lowest BCUT2D eigenvalue weighted by atomic mass is 10.2. The second kappa shape index (κ2) is 8.39. The van der Waals surface area contributed by atoms with Gasteiger partial charge >= 0.3 is 5.69 Å². The highest BCUT2D eigenvalue weighted by atomic mass is 79.9. The van der Waals surface area contributed by atoms with Crippen molar-refractivity contribution >= 4 is 33.6 Å². The van der Waals surface area contributed by atoms with Crippen LogP contribution in [0.2, 0.25) is 0 Å². The van der Waals surface area contributed by atoms with E-state index in [4.69, 9.17) is 4.74 Å². The van der Waals surface area contributed by atoms with E-state index >= 15 is 0 Å². The van der Waals surface area contributed by atoms with Gasteiger partial charge in [0.25, 0.3) is 0 Å². The normalized spacial score (nSPS) is 12.1. The molecule has 24 heavy (non-hydrogen) atoms. The van der Waals surface area contributed by atoms with E-state index in [0.717, 1.165) is 22.2 Å². The Kier molecular flexibility index (Phi) is 6.25. The van der Waals surface area contributed by atoms with E-state index < -0.39 is 4.92 Å². The summed E-state index contributed by atoms with van der Waals surface area (Å²) in [4.78, 5) is 14.3. The highest BCUT2D eigenvalue weighted by Crippen LogP contribution is 2.27. The van der Waals surface area contributed by atoms with Gasteiger partial charge in [-0.05, 0) is 59.1 Å². The summed E-state index contributed by atoms with van der Waals surface area (Å²) in [7, 11) is 0. The van der Waals surface area contributed by atoms with Crippen molar-refractivity contribution in [3.05, 3.63) is 56.7 Å². The Labute approximate surface area is 148 Å². The van der Waals surface area contributed by atoms with Gasteiger partial charge in [-0.3, -0.25) is 15.5 Å². The van der Waals surface area contributed by atoms with E-state index in [2.05, 4.69) is 38.4 Å². The van der Waals surface area contributed by atoms with Gasteiger partial charge in [-0.1, -0.05) is 6.92 Å². The van der Waals surface area contributed by atoms with Crippen LogP contribution in [0.5, 0.6) is 5.75 Å². The summed E-state index contributed by atoms with van der Waals surface area (Å²) in [5, 5.41) is 14.9. The first-order chi connectivity index (χ1) is 11.5. The number of rotatable bonds is 7. The van der Waals surface area contributed by atoms with Crippen LogP contribution in [-0.4, -0.2) is 22.2 Å². The molecule has 0 aliphatic rings. The maximum absolute atomic E-state index is 10.9. The van der Waals surface area contributed by atoms with Gasteiger partial charge in [-0.2, -0.15) is 5.10 Å². The number of hydrogen-bond acceptors (Lipinski definition) is 6. The Morgan fingerprint density at radius 2 is 2.29 bits per heavy atom. The Balaban J connectivity index is 2.08. The molecule has 126 valence electrons. The minimum atomic E-state index is -0.511. The van der Waals surface area contributed by atoms with Crippen LogP contribution in [0.1, 0.15) is 25.8 Å². The molecule has 0 aliphatic carbocycles. The molecule has 7 nitrogen and oxygen atoms in total. The maximum atomic E-state index is 10.9. The Morgan fingerprint density at radius 3 is 2.96 bits per heavy atom. The van der Waals surface area contributed by atoms with Gasteiger partial charge in [0, 0.05) is 12.3 Å². The second-order valence-corrected chi connectivity index (χ2v) is 5.88. The quantitative estimate of drug-likeness (QED) is 0.429. The SMILES string of the molecule is CC[C@H](C)Oc1ccc(/C=N\Nc2ncccc2[N+](=O)[O-])cc1Br. The zero-order chi connectivity index (χ0) is 17.5. The molecule has 2 rings (SSSR count). The lowest BCUT2D eigenvalue weighted by molar-refractivity contribution is -0.384. The maximum Gasteiger partial charge on any atom is 0.313 e. The number of hydrazone groups is 1. The lowest BCUT2D eigenvalue weighted by Gasteiger charge is -2.14. The van der Waals surface area contributed by atoms with E-state index in [-0.39, 0.29) is 17.6 Å². The summed E-state index contributed by atoms with van der Waals surface area (Å²) in [6.07, 6.45) is 4.06. The van der Waals surface area contributed by atoms with Crippen LogP contribution in [-0.2, 0) is 0 Å². The molecule has 1 atom stereocenters. The van der Waals surface area contributed by atoms with Crippen molar-refractivity contribution in [2.45, 2.75) is 26.4 Å². The molecule has 0 bridgehead atoms.